The number of nitrogens with zero attached hydrogens (tertiary/aromatic N) is 4. The predicted molar refractivity (Wildman–Crippen MR) is 153 cm³/mol. The van der Waals surface area contributed by atoms with Crippen LogP contribution in [0.25, 0.3) is 10.2 Å². The highest BCUT2D eigenvalue weighted by molar-refractivity contribution is 7.21. The predicted octanol–water partition coefficient (Wildman–Crippen LogP) is 6.13. The minimum atomic E-state index is -0.627. The third kappa shape index (κ3) is 7.75. The number of thiazole rings is 1. The molecule has 210 valence electrons. The van der Waals surface area contributed by atoms with Gasteiger partial charge in [0.05, 0.1) is 49.0 Å². The van der Waals surface area contributed by atoms with Gasteiger partial charge < -0.3 is 19.1 Å². The van der Waals surface area contributed by atoms with E-state index in [1.807, 2.05) is 74.9 Å². The van der Waals surface area contributed by atoms with Crippen LogP contribution in [0.5, 0.6) is 5.75 Å². The van der Waals surface area contributed by atoms with Crippen molar-refractivity contribution >= 4 is 50.0 Å². The number of esters is 2. The molecule has 0 saturated carbocycles. The molecule has 0 bridgehead atoms. The van der Waals surface area contributed by atoms with Crippen LogP contribution in [-0.4, -0.2) is 45.9 Å². The van der Waals surface area contributed by atoms with Gasteiger partial charge in [-0.05, 0) is 86.5 Å². The minimum absolute atomic E-state index is 0.254. The number of anilines is 1. The molecular weight excluding hydrogens is 516 g/mol. The maximum Gasteiger partial charge on any atom is 0.409 e. The fraction of sp³-hybridized carbons (Fsp3) is 0.483. The molecule has 0 radical (unpaired) electrons. The molecule has 1 atom stereocenters. The number of benzene rings is 2. The Labute approximate surface area is 234 Å². The van der Waals surface area contributed by atoms with Crippen LogP contribution in [0.2, 0.25) is 0 Å². The smallest absolute Gasteiger partial charge is 0.409 e. The van der Waals surface area contributed by atoms with Crippen molar-refractivity contribution in [3.63, 3.8) is 0 Å². The lowest BCUT2D eigenvalue weighted by atomic mass is 9.85. The molecule has 1 heterocycles. The zero-order valence-electron chi connectivity index (χ0n) is 23.9. The first-order valence-electron chi connectivity index (χ1n) is 13.1. The van der Waals surface area contributed by atoms with Gasteiger partial charge in [-0.2, -0.15) is 0 Å². The SMILES string of the molecule is CCN(CCOC(=O)C(C)CCC(C)(C)C(=O)OC)c1ccc(N=Nc2sc3cc(OC)ccc3[n+]2C)cc1. The quantitative estimate of drug-likeness (QED) is 0.143. The zero-order chi connectivity index (χ0) is 28.6. The molecule has 0 aliphatic rings. The second-order valence-electron chi connectivity index (χ2n) is 10.1. The summed E-state index contributed by atoms with van der Waals surface area (Å²) in [5.41, 5.74) is 2.21. The number of hydrogen-bond acceptors (Lipinski definition) is 9. The molecule has 0 amide bonds. The van der Waals surface area contributed by atoms with Crippen molar-refractivity contribution in [2.75, 3.05) is 38.8 Å². The average Bonchev–Trinajstić information content (AvgIpc) is 3.26. The molecule has 3 rings (SSSR count). The summed E-state index contributed by atoms with van der Waals surface area (Å²) in [5, 5.41) is 9.68. The fourth-order valence-electron chi connectivity index (χ4n) is 4.11. The number of methoxy groups -OCH3 is 2. The first kappa shape index (κ1) is 30.0. The van der Waals surface area contributed by atoms with Crippen LogP contribution in [0.1, 0.15) is 40.5 Å². The highest BCUT2D eigenvalue weighted by atomic mass is 32.1. The van der Waals surface area contributed by atoms with Crippen molar-refractivity contribution in [2.45, 2.75) is 40.5 Å². The van der Waals surface area contributed by atoms with E-state index in [1.165, 1.54) is 7.11 Å². The minimum Gasteiger partial charge on any atom is -0.497 e. The molecule has 2 aromatic carbocycles. The highest BCUT2D eigenvalue weighted by Crippen LogP contribution is 2.30. The molecule has 0 aliphatic heterocycles. The summed E-state index contributed by atoms with van der Waals surface area (Å²) in [6.07, 6.45) is 1.11. The monoisotopic (exact) mass is 555 g/mol. The topological polar surface area (TPSA) is 93.7 Å². The van der Waals surface area contributed by atoms with Crippen LogP contribution in [0.15, 0.2) is 52.7 Å². The number of azo groups is 1. The van der Waals surface area contributed by atoms with Gasteiger partial charge in [0, 0.05) is 18.3 Å². The van der Waals surface area contributed by atoms with E-state index in [4.69, 9.17) is 14.2 Å². The molecule has 9 nitrogen and oxygen atoms in total. The van der Waals surface area contributed by atoms with Gasteiger partial charge in [0.1, 0.15) is 23.6 Å². The molecular formula is C29H39N4O5S+. The number of ether oxygens (including phenoxy) is 3. The van der Waals surface area contributed by atoms with Crippen LogP contribution >= 0.6 is 11.3 Å². The van der Waals surface area contributed by atoms with Gasteiger partial charge in [-0.1, -0.05) is 6.92 Å². The summed E-state index contributed by atoms with van der Waals surface area (Å²) in [7, 11) is 5.01. The lowest BCUT2D eigenvalue weighted by molar-refractivity contribution is -0.627. The first-order valence-corrected chi connectivity index (χ1v) is 13.9. The van der Waals surface area contributed by atoms with Crippen LogP contribution in [0.4, 0.5) is 16.5 Å². The van der Waals surface area contributed by atoms with Gasteiger partial charge in [0.2, 0.25) is 0 Å². The van der Waals surface area contributed by atoms with Crippen molar-refractivity contribution in [1.82, 2.24) is 0 Å². The van der Waals surface area contributed by atoms with Crippen LogP contribution in [0, 0.1) is 11.3 Å². The number of carbonyl (C=O) groups excluding carboxylic acids is 2. The number of hydrogen-bond donors (Lipinski definition) is 0. The molecule has 1 unspecified atom stereocenters. The largest absolute Gasteiger partial charge is 0.497 e. The Morgan fingerprint density at radius 3 is 2.46 bits per heavy atom. The van der Waals surface area contributed by atoms with E-state index in [9.17, 15) is 9.59 Å². The van der Waals surface area contributed by atoms with Gasteiger partial charge in [0.15, 0.2) is 0 Å². The number of likely N-dealkylation sites (N-methyl/N-ethyl adjacent to an activating group) is 1. The summed E-state index contributed by atoms with van der Waals surface area (Å²) in [6, 6.07) is 13.8. The standard InChI is InChI=1S/C29H39N4O5S/c1-8-33(17-18-38-26(34)20(2)15-16-29(3,4)27(35)37-7)22-11-9-21(10-12-22)30-31-28-32(5)24-14-13-23(36-6)19-25(24)39-28/h9-14,19-20H,8,15-18H2,1-7H3/q+1. The molecule has 3 aromatic rings. The van der Waals surface area contributed by atoms with Crippen molar-refractivity contribution in [1.29, 1.82) is 0 Å². The Hall–Kier alpha value is -3.53. The maximum atomic E-state index is 12.5. The Kier molecular flexibility index (Phi) is 10.4. The second kappa shape index (κ2) is 13.5. The summed E-state index contributed by atoms with van der Waals surface area (Å²) in [5.74, 6) is -0.00844. The summed E-state index contributed by atoms with van der Waals surface area (Å²) in [4.78, 5) is 26.5. The third-order valence-electron chi connectivity index (χ3n) is 6.81. The Balaban J connectivity index is 1.53. The lowest BCUT2D eigenvalue weighted by Crippen LogP contribution is -2.30. The normalized spacial score (nSPS) is 12.5. The average molecular weight is 556 g/mol. The van der Waals surface area contributed by atoms with E-state index in [1.54, 1.807) is 18.4 Å². The van der Waals surface area contributed by atoms with E-state index < -0.39 is 5.41 Å². The molecule has 39 heavy (non-hydrogen) atoms. The van der Waals surface area contributed by atoms with E-state index in [0.717, 1.165) is 39.0 Å². The molecule has 0 spiro atoms. The van der Waals surface area contributed by atoms with E-state index >= 15 is 0 Å². The van der Waals surface area contributed by atoms with E-state index in [-0.39, 0.29) is 24.5 Å². The van der Waals surface area contributed by atoms with Gasteiger partial charge in [-0.3, -0.25) is 9.59 Å². The fourth-order valence-corrected chi connectivity index (χ4v) is 5.11. The third-order valence-corrected chi connectivity index (χ3v) is 7.90. The summed E-state index contributed by atoms with van der Waals surface area (Å²) < 4.78 is 18.8. The van der Waals surface area contributed by atoms with Crippen molar-refractivity contribution in [3.05, 3.63) is 42.5 Å². The summed E-state index contributed by atoms with van der Waals surface area (Å²) in [6.45, 7) is 9.16. The van der Waals surface area contributed by atoms with Gasteiger partial charge in [0.25, 0.3) is 0 Å². The van der Waals surface area contributed by atoms with Gasteiger partial charge >= 0.3 is 17.1 Å². The first-order chi connectivity index (χ1) is 18.6. The molecule has 10 heteroatoms. The van der Waals surface area contributed by atoms with Crippen LogP contribution in [0.3, 0.4) is 0 Å². The number of aryl methyl sites for hydroxylation is 1. The van der Waals surface area contributed by atoms with Gasteiger partial charge in [-0.25, -0.2) is 4.57 Å². The van der Waals surface area contributed by atoms with E-state index in [2.05, 4.69) is 22.1 Å². The zero-order valence-corrected chi connectivity index (χ0v) is 24.7. The van der Waals surface area contributed by atoms with Crippen LogP contribution in [-0.2, 0) is 26.1 Å². The van der Waals surface area contributed by atoms with Crippen molar-refractivity contribution in [2.24, 2.45) is 28.6 Å². The van der Waals surface area contributed by atoms with Crippen molar-refractivity contribution in [3.8, 4) is 5.75 Å². The molecule has 1 aromatic heterocycles. The Morgan fingerprint density at radius 1 is 1.10 bits per heavy atom. The summed E-state index contributed by atoms with van der Waals surface area (Å²) >= 11 is 1.56. The lowest BCUT2D eigenvalue weighted by Gasteiger charge is -2.24. The van der Waals surface area contributed by atoms with Gasteiger partial charge in [-0.15, -0.1) is 0 Å². The number of fused-ring (bicyclic) bond motifs is 1. The Bertz CT molecular complexity index is 1300. The number of carbonyl (C=O) groups is 2. The molecule has 0 fully saturated rings. The van der Waals surface area contributed by atoms with Crippen molar-refractivity contribution < 1.29 is 28.4 Å². The second-order valence-corrected chi connectivity index (χ2v) is 11.1. The highest BCUT2D eigenvalue weighted by Gasteiger charge is 2.30. The number of aromatic nitrogens is 1. The van der Waals surface area contributed by atoms with Crippen LogP contribution < -0.4 is 14.2 Å². The maximum absolute atomic E-state index is 12.5. The Morgan fingerprint density at radius 2 is 1.82 bits per heavy atom. The molecule has 0 saturated heterocycles. The van der Waals surface area contributed by atoms with E-state index in [0.29, 0.717) is 19.4 Å². The number of rotatable bonds is 13. The molecule has 0 aliphatic carbocycles. The molecule has 0 N–H and O–H groups in total.